The Balaban J connectivity index is 0.00000264. The smallest absolute Gasteiger partial charge is 0.214 e. The number of hydrogen-bond donors (Lipinski definition) is 2. The van der Waals surface area contributed by atoms with E-state index in [1.165, 1.54) is 12.1 Å². The third-order valence-electron chi connectivity index (χ3n) is 3.13. The van der Waals surface area contributed by atoms with Crippen molar-refractivity contribution in [2.75, 3.05) is 6.54 Å². The highest BCUT2D eigenvalue weighted by molar-refractivity contribution is 14.0. The zero-order chi connectivity index (χ0) is 15.9. The topological polar surface area (TPSA) is 62.5 Å². The molecular weight excluding hydrogens is 410 g/mol. The van der Waals surface area contributed by atoms with Gasteiger partial charge < -0.3 is 15.1 Å². The zero-order valence-corrected chi connectivity index (χ0v) is 15.8. The number of aromatic nitrogens is 1. The molecule has 0 radical (unpaired) electrons. The van der Waals surface area contributed by atoms with Crippen LogP contribution in [-0.2, 0) is 13.1 Å². The lowest BCUT2D eigenvalue weighted by Crippen LogP contribution is -2.36. The van der Waals surface area contributed by atoms with Crippen molar-refractivity contribution in [1.29, 1.82) is 0 Å². The second kappa shape index (κ2) is 9.49. The van der Waals surface area contributed by atoms with Crippen LogP contribution in [0.25, 0.3) is 0 Å². The van der Waals surface area contributed by atoms with E-state index in [0.29, 0.717) is 24.9 Å². The number of nitrogens with zero attached hydrogens (tertiary/aromatic N) is 2. The second-order valence-electron chi connectivity index (χ2n) is 4.93. The SMILES string of the molecule is CCNC(=NCc1cccc(F)c1)NCc1nc(C)c(C)o1.I. The number of aliphatic imine (C=N–C) groups is 1. The molecule has 23 heavy (non-hydrogen) atoms. The minimum absolute atomic E-state index is 0. The van der Waals surface area contributed by atoms with Gasteiger partial charge in [0.2, 0.25) is 5.89 Å². The van der Waals surface area contributed by atoms with Crippen molar-refractivity contribution in [2.24, 2.45) is 4.99 Å². The monoisotopic (exact) mass is 432 g/mol. The molecule has 0 spiro atoms. The summed E-state index contributed by atoms with van der Waals surface area (Å²) in [6.07, 6.45) is 0. The average Bonchev–Trinajstić information content (AvgIpc) is 2.81. The molecule has 0 bridgehead atoms. The fourth-order valence-electron chi connectivity index (χ4n) is 1.92. The van der Waals surface area contributed by atoms with Crippen LogP contribution in [0.15, 0.2) is 33.7 Å². The van der Waals surface area contributed by atoms with Crippen LogP contribution in [0.5, 0.6) is 0 Å². The molecular formula is C16H22FIN4O. The first-order chi connectivity index (χ1) is 10.6. The molecule has 1 heterocycles. The summed E-state index contributed by atoms with van der Waals surface area (Å²) in [5.74, 6) is 1.82. The Kier molecular flexibility index (Phi) is 8.01. The maximum Gasteiger partial charge on any atom is 0.214 e. The van der Waals surface area contributed by atoms with Gasteiger partial charge in [-0.05, 0) is 38.5 Å². The van der Waals surface area contributed by atoms with Gasteiger partial charge >= 0.3 is 0 Å². The van der Waals surface area contributed by atoms with E-state index in [0.717, 1.165) is 23.6 Å². The number of nitrogens with one attached hydrogen (secondary N) is 2. The molecule has 7 heteroatoms. The van der Waals surface area contributed by atoms with Crippen molar-refractivity contribution < 1.29 is 8.81 Å². The molecule has 2 rings (SSSR count). The quantitative estimate of drug-likeness (QED) is 0.433. The van der Waals surface area contributed by atoms with E-state index < -0.39 is 0 Å². The number of guanidine groups is 1. The molecule has 1 aromatic heterocycles. The Hall–Kier alpha value is -1.64. The number of hydrogen-bond acceptors (Lipinski definition) is 3. The molecule has 126 valence electrons. The highest BCUT2D eigenvalue weighted by atomic mass is 127. The minimum Gasteiger partial charge on any atom is -0.444 e. The fourth-order valence-corrected chi connectivity index (χ4v) is 1.92. The summed E-state index contributed by atoms with van der Waals surface area (Å²) in [6.45, 7) is 7.36. The van der Waals surface area contributed by atoms with E-state index in [4.69, 9.17) is 4.42 Å². The Morgan fingerprint density at radius 1 is 1.30 bits per heavy atom. The predicted octanol–water partition coefficient (Wildman–Crippen LogP) is 3.30. The van der Waals surface area contributed by atoms with Crippen LogP contribution in [0.4, 0.5) is 4.39 Å². The molecule has 0 aliphatic heterocycles. The van der Waals surface area contributed by atoms with Crippen LogP contribution in [0.1, 0.15) is 29.8 Å². The summed E-state index contributed by atoms with van der Waals surface area (Å²) < 4.78 is 18.7. The van der Waals surface area contributed by atoms with Crippen LogP contribution >= 0.6 is 24.0 Å². The van der Waals surface area contributed by atoms with E-state index >= 15 is 0 Å². The Morgan fingerprint density at radius 3 is 2.70 bits per heavy atom. The molecule has 5 nitrogen and oxygen atoms in total. The Labute approximate surface area is 152 Å². The Bertz CT molecular complexity index is 638. The molecule has 2 N–H and O–H groups in total. The molecule has 0 aliphatic carbocycles. The van der Waals surface area contributed by atoms with E-state index in [1.807, 2.05) is 26.8 Å². The van der Waals surface area contributed by atoms with Gasteiger partial charge in [-0.3, -0.25) is 0 Å². The average molecular weight is 432 g/mol. The lowest BCUT2D eigenvalue weighted by Gasteiger charge is -2.09. The van der Waals surface area contributed by atoms with Crippen LogP contribution < -0.4 is 10.6 Å². The minimum atomic E-state index is -0.253. The summed E-state index contributed by atoms with van der Waals surface area (Å²) in [5, 5.41) is 6.29. The molecule has 1 aromatic carbocycles. The van der Waals surface area contributed by atoms with Gasteiger partial charge in [-0.1, -0.05) is 12.1 Å². The third kappa shape index (κ3) is 6.17. The van der Waals surface area contributed by atoms with E-state index in [-0.39, 0.29) is 29.8 Å². The Morgan fingerprint density at radius 2 is 2.09 bits per heavy atom. The number of benzene rings is 1. The molecule has 0 saturated carbocycles. The normalized spacial score (nSPS) is 11.0. The van der Waals surface area contributed by atoms with Gasteiger partial charge in [0.05, 0.1) is 18.8 Å². The molecule has 0 atom stereocenters. The number of aryl methyl sites for hydroxylation is 2. The summed E-state index contributed by atoms with van der Waals surface area (Å²) in [4.78, 5) is 8.74. The van der Waals surface area contributed by atoms with Crippen molar-refractivity contribution in [3.8, 4) is 0 Å². The zero-order valence-electron chi connectivity index (χ0n) is 13.5. The van der Waals surface area contributed by atoms with Crippen LogP contribution in [0.3, 0.4) is 0 Å². The largest absolute Gasteiger partial charge is 0.444 e. The fraction of sp³-hybridized carbons (Fsp3) is 0.375. The molecule has 0 amide bonds. The first-order valence-corrected chi connectivity index (χ1v) is 7.28. The summed E-state index contributed by atoms with van der Waals surface area (Å²) in [5.41, 5.74) is 1.71. The summed E-state index contributed by atoms with van der Waals surface area (Å²) in [7, 11) is 0. The first-order valence-electron chi connectivity index (χ1n) is 7.28. The molecule has 0 saturated heterocycles. The van der Waals surface area contributed by atoms with E-state index in [9.17, 15) is 4.39 Å². The lowest BCUT2D eigenvalue weighted by molar-refractivity contribution is 0.463. The van der Waals surface area contributed by atoms with Crippen molar-refractivity contribution in [3.05, 3.63) is 53.0 Å². The van der Waals surface area contributed by atoms with Gasteiger partial charge in [0, 0.05) is 6.54 Å². The van der Waals surface area contributed by atoms with Gasteiger partial charge in [-0.2, -0.15) is 0 Å². The highest BCUT2D eigenvalue weighted by Gasteiger charge is 2.06. The summed E-state index contributed by atoms with van der Waals surface area (Å²) in [6, 6.07) is 6.42. The van der Waals surface area contributed by atoms with Gasteiger partial charge in [0.25, 0.3) is 0 Å². The summed E-state index contributed by atoms with van der Waals surface area (Å²) >= 11 is 0. The molecule has 0 aliphatic rings. The van der Waals surface area contributed by atoms with Crippen molar-refractivity contribution >= 4 is 29.9 Å². The second-order valence-corrected chi connectivity index (χ2v) is 4.93. The third-order valence-corrected chi connectivity index (χ3v) is 3.13. The van der Waals surface area contributed by atoms with Crippen molar-refractivity contribution in [2.45, 2.75) is 33.9 Å². The number of rotatable bonds is 5. The van der Waals surface area contributed by atoms with Crippen molar-refractivity contribution in [1.82, 2.24) is 15.6 Å². The van der Waals surface area contributed by atoms with Crippen LogP contribution in [0, 0.1) is 19.7 Å². The maximum absolute atomic E-state index is 13.1. The van der Waals surface area contributed by atoms with Crippen LogP contribution in [0.2, 0.25) is 0 Å². The van der Waals surface area contributed by atoms with E-state index in [2.05, 4.69) is 20.6 Å². The molecule has 2 aromatic rings. The van der Waals surface area contributed by atoms with Gasteiger partial charge in [0.1, 0.15) is 11.6 Å². The van der Waals surface area contributed by atoms with E-state index in [1.54, 1.807) is 6.07 Å². The van der Waals surface area contributed by atoms with Crippen molar-refractivity contribution in [3.63, 3.8) is 0 Å². The van der Waals surface area contributed by atoms with Gasteiger partial charge in [-0.15, -0.1) is 24.0 Å². The number of oxazole rings is 1. The number of halogens is 2. The molecule has 0 unspecified atom stereocenters. The van der Waals surface area contributed by atoms with Gasteiger partial charge in [0.15, 0.2) is 5.96 Å². The maximum atomic E-state index is 13.1. The lowest BCUT2D eigenvalue weighted by atomic mass is 10.2. The first kappa shape index (κ1) is 19.4. The predicted molar refractivity (Wildman–Crippen MR) is 99.4 cm³/mol. The van der Waals surface area contributed by atoms with Gasteiger partial charge in [-0.25, -0.2) is 14.4 Å². The highest BCUT2D eigenvalue weighted by Crippen LogP contribution is 2.08. The standard InChI is InChI=1S/C16H21FN4O.HI/c1-4-18-16(19-9-13-6-5-7-14(17)8-13)20-10-15-21-11(2)12(3)22-15;/h5-8H,4,9-10H2,1-3H3,(H2,18,19,20);1H. The van der Waals surface area contributed by atoms with Crippen LogP contribution in [-0.4, -0.2) is 17.5 Å². The molecule has 0 fully saturated rings.